The van der Waals surface area contributed by atoms with E-state index in [1.165, 1.54) is 13.8 Å². The molecule has 0 radical (unpaired) electrons. The molecule has 0 unspecified atom stereocenters. The number of Topliss-reactive ketones (excluding diaryl/α,β-unsaturated/α-hetero) is 1. The summed E-state index contributed by atoms with van der Waals surface area (Å²) >= 11 is 0. The highest BCUT2D eigenvalue weighted by Crippen LogP contribution is 2.42. The lowest BCUT2D eigenvalue weighted by atomic mass is 10.1. The van der Waals surface area contributed by atoms with E-state index in [4.69, 9.17) is 0 Å². The smallest absolute Gasteiger partial charge is 0.294 e. The molecule has 1 rings (SSSR count). The van der Waals surface area contributed by atoms with Crippen LogP contribution in [0.1, 0.15) is 28.7 Å². The number of rotatable bonds is 2. The van der Waals surface area contributed by atoms with E-state index in [1.54, 1.807) is 0 Å². The first-order valence-corrected chi connectivity index (χ1v) is 4.95. The summed E-state index contributed by atoms with van der Waals surface area (Å²) in [6.07, 6.45) is -5.67. The molecule has 0 fully saturated rings. The fraction of sp³-hybridized carbons (Fsp3) is 0.455. The molecule has 0 N–H and O–H groups in total. The number of carbonyl (C=O) groups excluding carboxylic acids is 1. The van der Waals surface area contributed by atoms with Gasteiger partial charge in [0.1, 0.15) is 7.05 Å². The van der Waals surface area contributed by atoms with E-state index in [0.29, 0.717) is 10.6 Å². The molecule has 18 heavy (non-hydrogen) atoms. The number of hydrogen-bond acceptors (Lipinski definition) is 1. The first kappa shape index (κ1) is 14.5. The number of pyridine rings is 1. The average molecular weight is 268 g/mol. The molecule has 0 saturated heterocycles. The van der Waals surface area contributed by atoms with Gasteiger partial charge in [-0.3, -0.25) is 4.79 Å². The van der Waals surface area contributed by atoms with Gasteiger partial charge in [0, 0.05) is 13.0 Å². The van der Waals surface area contributed by atoms with E-state index in [-0.39, 0.29) is 11.3 Å². The number of aromatic nitrogens is 1. The van der Waals surface area contributed by atoms with Crippen LogP contribution in [-0.4, -0.2) is 12.0 Å². The molecule has 0 bridgehead atoms. The second-order valence-corrected chi connectivity index (χ2v) is 3.91. The fourth-order valence-corrected chi connectivity index (χ4v) is 1.59. The average Bonchev–Trinajstić information content (AvgIpc) is 2.19. The molecule has 0 aliphatic rings. The molecule has 7 heteroatoms. The molecule has 100 valence electrons. The van der Waals surface area contributed by atoms with Crippen molar-refractivity contribution < 1.29 is 31.3 Å². The van der Waals surface area contributed by atoms with Crippen molar-refractivity contribution >= 4 is 5.78 Å². The Morgan fingerprint density at radius 1 is 1.17 bits per heavy atom. The maximum Gasteiger partial charge on any atom is 0.464 e. The Morgan fingerprint density at radius 3 is 2.06 bits per heavy atom. The highest BCUT2D eigenvalue weighted by atomic mass is 19.4. The Bertz CT molecular complexity index is 493. The van der Waals surface area contributed by atoms with E-state index >= 15 is 0 Å². The van der Waals surface area contributed by atoms with Crippen LogP contribution in [0.4, 0.5) is 22.0 Å². The van der Waals surface area contributed by atoms with Crippen LogP contribution >= 0.6 is 0 Å². The highest BCUT2D eigenvalue weighted by Gasteiger charge is 2.63. The summed E-state index contributed by atoms with van der Waals surface area (Å²) in [7, 11) is 1.07. The molecule has 0 amide bonds. The van der Waals surface area contributed by atoms with Crippen LogP contribution < -0.4 is 4.57 Å². The Labute approximate surface area is 100 Å². The predicted octanol–water partition coefficient (Wildman–Crippen LogP) is 2.68. The first-order valence-electron chi connectivity index (χ1n) is 4.95. The van der Waals surface area contributed by atoms with Gasteiger partial charge in [0.15, 0.2) is 11.5 Å². The first-order chi connectivity index (χ1) is 8.00. The van der Waals surface area contributed by atoms with Crippen LogP contribution in [0, 0.1) is 6.92 Å². The van der Waals surface area contributed by atoms with Crippen molar-refractivity contribution in [3.05, 3.63) is 29.1 Å². The van der Waals surface area contributed by atoms with Gasteiger partial charge in [-0.1, -0.05) is 0 Å². The largest absolute Gasteiger partial charge is 0.464 e. The highest BCUT2D eigenvalue weighted by molar-refractivity contribution is 5.94. The van der Waals surface area contributed by atoms with Crippen LogP contribution in [0.5, 0.6) is 0 Å². The van der Waals surface area contributed by atoms with E-state index < -0.39 is 23.6 Å². The van der Waals surface area contributed by atoms with Gasteiger partial charge >= 0.3 is 12.1 Å². The van der Waals surface area contributed by atoms with Crippen molar-refractivity contribution in [1.29, 1.82) is 0 Å². The van der Waals surface area contributed by atoms with Crippen LogP contribution in [-0.2, 0) is 13.0 Å². The van der Waals surface area contributed by atoms with Gasteiger partial charge in [0.2, 0.25) is 0 Å². The van der Waals surface area contributed by atoms with Gasteiger partial charge in [-0.15, -0.1) is 0 Å². The lowest BCUT2D eigenvalue weighted by Gasteiger charge is -2.18. The summed E-state index contributed by atoms with van der Waals surface area (Å²) in [6.45, 7) is 2.52. The zero-order valence-corrected chi connectivity index (χ0v) is 9.90. The number of carbonyl (C=O) groups is 1. The Morgan fingerprint density at radius 2 is 1.67 bits per heavy atom. The molecular formula is C11H11F5NO+. The molecule has 0 aliphatic heterocycles. The summed E-state index contributed by atoms with van der Waals surface area (Å²) < 4.78 is 63.9. The third-order valence-corrected chi connectivity index (χ3v) is 2.72. The molecule has 0 saturated carbocycles. The van der Waals surface area contributed by atoms with E-state index in [2.05, 4.69) is 0 Å². The van der Waals surface area contributed by atoms with Crippen molar-refractivity contribution in [2.24, 2.45) is 7.05 Å². The molecule has 0 aliphatic carbocycles. The second kappa shape index (κ2) is 4.29. The normalized spacial score (nSPS) is 12.7. The topological polar surface area (TPSA) is 20.9 Å². The van der Waals surface area contributed by atoms with E-state index in [1.807, 2.05) is 0 Å². The minimum atomic E-state index is -5.67. The van der Waals surface area contributed by atoms with Crippen molar-refractivity contribution in [3.63, 3.8) is 0 Å². The fourth-order valence-electron chi connectivity index (χ4n) is 1.59. The van der Waals surface area contributed by atoms with Crippen molar-refractivity contribution in [1.82, 2.24) is 0 Å². The molecule has 0 spiro atoms. The zero-order valence-electron chi connectivity index (χ0n) is 9.90. The number of halogens is 5. The molecular weight excluding hydrogens is 257 g/mol. The summed E-state index contributed by atoms with van der Waals surface area (Å²) in [6, 6.07) is 1.60. The Hall–Kier alpha value is -1.53. The van der Waals surface area contributed by atoms with Gasteiger partial charge in [-0.25, -0.2) is 0 Å². The predicted molar refractivity (Wildman–Crippen MR) is 52.3 cm³/mol. The van der Waals surface area contributed by atoms with Gasteiger partial charge in [0.25, 0.3) is 5.69 Å². The van der Waals surface area contributed by atoms with Gasteiger partial charge in [-0.2, -0.15) is 26.5 Å². The minimum Gasteiger partial charge on any atom is -0.294 e. The SMILES string of the molecule is CC(=O)c1ccc(C(F)(F)C(F)(F)F)[n+](C)c1C. The van der Waals surface area contributed by atoms with Crippen molar-refractivity contribution in [2.45, 2.75) is 25.9 Å². The number of nitrogens with zero attached hydrogens (tertiary/aromatic N) is 1. The van der Waals surface area contributed by atoms with Crippen molar-refractivity contribution in [3.8, 4) is 0 Å². The Balaban J connectivity index is 3.47. The molecule has 1 aromatic heterocycles. The molecule has 0 aromatic carbocycles. The molecule has 0 atom stereocenters. The van der Waals surface area contributed by atoms with E-state index in [0.717, 1.165) is 13.1 Å². The van der Waals surface area contributed by atoms with Gasteiger partial charge in [-0.05, 0) is 13.0 Å². The van der Waals surface area contributed by atoms with Gasteiger partial charge < -0.3 is 0 Å². The van der Waals surface area contributed by atoms with Crippen LogP contribution in [0.25, 0.3) is 0 Å². The van der Waals surface area contributed by atoms with Crippen LogP contribution in [0.2, 0.25) is 0 Å². The molecule has 1 aromatic rings. The second-order valence-electron chi connectivity index (χ2n) is 3.91. The minimum absolute atomic E-state index is 0.0592. The lowest BCUT2D eigenvalue weighted by molar-refractivity contribution is -0.697. The summed E-state index contributed by atoms with van der Waals surface area (Å²) in [5.74, 6) is -5.35. The molecule has 2 nitrogen and oxygen atoms in total. The number of alkyl halides is 5. The lowest BCUT2D eigenvalue weighted by Crippen LogP contribution is -2.48. The Kier molecular flexibility index (Phi) is 3.47. The third kappa shape index (κ3) is 2.21. The summed E-state index contributed by atoms with van der Waals surface area (Å²) in [4.78, 5) is 11.2. The standard InChI is InChI=1S/C11H11F5NO/c1-6-8(7(2)18)4-5-9(17(6)3)10(12,13)11(14,15)16/h4-5H,1-3H3/q+1. The quantitative estimate of drug-likeness (QED) is 0.459. The monoisotopic (exact) mass is 268 g/mol. The van der Waals surface area contributed by atoms with Crippen molar-refractivity contribution in [2.75, 3.05) is 0 Å². The van der Waals surface area contributed by atoms with Gasteiger partial charge in [0.05, 0.1) is 5.56 Å². The maximum absolute atomic E-state index is 13.2. The summed E-state index contributed by atoms with van der Waals surface area (Å²) in [5, 5.41) is 0. The zero-order chi connectivity index (χ0) is 14.3. The maximum atomic E-state index is 13.2. The molecule has 1 heterocycles. The number of hydrogen-bond donors (Lipinski definition) is 0. The van der Waals surface area contributed by atoms with Crippen LogP contribution in [0.15, 0.2) is 12.1 Å². The number of ketones is 1. The van der Waals surface area contributed by atoms with Crippen LogP contribution in [0.3, 0.4) is 0 Å². The third-order valence-electron chi connectivity index (χ3n) is 2.72. The van der Waals surface area contributed by atoms with E-state index in [9.17, 15) is 26.7 Å². The summed E-state index contributed by atoms with van der Waals surface area (Å²) in [5.41, 5.74) is -1.03.